The van der Waals surface area contributed by atoms with Gasteiger partial charge in [-0.25, -0.2) is 0 Å². The molecule has 1 saturated carbocycles. The molecule has 1 heterocycles. The summed E-state index contributed by atoms with van der Waals surface area (Å²) in [7, 11) is 3.09. The molecule has 0 aromatic carbocycles. The molecule has 0 aliphatic heterocycles. The highest BCUT2D eigenvalue weighted by Crippen LogP contribution is 2.33. The van der Waals surface area contributed by atoms with Crippen LogP contribution in [0.3, 0.4) is 0 Å². The molecule has 5 nitrogen and oxygen atoms in total. The van der Waals surface area contributed by atoms with E-state index < -0.39 is 0 Å². The van der Waals surface area contributed by atoms with E-state index in [1.807, 2.05) is 0 Å². The molecule has 0 amide bonds. The topological polar surface area (TPSA) is 64.5 Å². The standard InChI is InChI=1S/C11H16N2O3/c1-15-10-6-11(16-2)13-9(12-10)5-8(14)7-3-4-7/h6-8,14H,3-5H2,1-2H3. The molecule has 1 aliphatic carbocycles. The molecule has 1 unspecified atom stereocenters. The number of rotatable bonds is 5. The van der Waals surface area contributed by atoms with Gasteiger partial charge in [0.1, 0.15) is 5.82 Å². The molecule has 0 saturated heterocycles. The first kappa shape index (κ1) is 11.1. The quantitative estimate of drug-likeness (QED) is 0.801. The predicted molar refractivity (Wildman–Crippen MR) is 57.6 cm³/mol. The second kappa shape index (κ2) is 4.65. The maximum atomic E-state index is 9.81. The Morgan fingerprint density at radius 3 is 2.31 bits per heavy atom. The van der Waals surface area contributed by atoms with E-state index in [0.717, 1.165) is 12.8 Å². The van der Waals surface area contributed by atoms with Crippen LogP contribution >= 0.6 is 0 Å². The summed E-state index contributed by atoms with van der Waals surface area (Å²) in [5.74, 6) is 1.91. The van der Waals surface area contributed by atoms with Gasteiger partial charge in [-0.2, -0.15) is 9.97 Å². The Hall–Kier alpha value is -1.36. The lowest BCUT2D eigenvalue weighted by Crippen LogP contribution is -2.15. The molecule has 5 heteroatoms. The Bertz CT molecular complexity index is 344. The van der Waals surface area contributed by atoms with Crippen molar-refractivity contribution in [1.29, 1.82) is 0 Å². The normalized spacial score (nSPS) is 16.9. The lowest BCUT2D eigenvalue weighted by Gasteiger charge is -2.09. The first-order valence-electron chi connectivity index (χ1n) is 5.37. The molecule has 2 rings (SSSR count). The zero-order valence-electron chi connectivity index (χ0n) is 9.51. The third-order valence-electron chi connectivity index (χ3n) is 2.70. The number of aromatic nitrogens is 2. The van der Waals surface area contributed by atoms with E-state index in [-0.39, 0.29) is 6.10 Å². The second-order valence-electron chi connectivity index (χ2n) is 3.98. The molecule has 1 aliphatic rings. The van der Waals surface area contributed by atoms with E-state index in [0.29, 0.717) is 29.9 Å². The van der Waals surface area contributed by atoms with E-state index in [4.69, 9.17) is 9.47 Å². The van der Waals surface area contributed by atoms with Crippen LogP contribution in [0.5, 0.6) is 11.8 Å². The summed E-state index contributed by atoms with van der Waals surface area (Å²) in [6.07, 6.45) is 2.31. The molecular formula is C11H16N2O3. The van der Waals surface area contributed by atoms with Crippen molar-refractivity contribution in [2.24, 2.45) is 5.92 Å². The average molecular weight is 224 g/mol. The van der Waals surface area contributed by atoms with Crippen molar-refractivity contribution in [2.75, 3.05) is 14.2 Å². The zero-order valence-corrected chi connectivity index (χ0v) is 9.51. The lowest BCUT2D eigenvalue weighted by atomic mass is 10.1. The fourth-order valence-electron chi connectivity index (χ4n) is 1.58. The van der Waals surface area contributed by atoms with Crippen LogP contribution in [0.1, 0.15) is 18.7 Å². The van der Waals surface area contributed by atoms with E-state index in [2.05, 4.69) is 9.97 Å². The lowest BCUT2D eigenvalue weighted by molar-refractivity contribution is 0.148. The molecule has 1 aromatic rings. The number of methoxy groups -OCH3 is 2. The van der Waals surface area contributed by atoms with Crippen LogP contribution in [-0.4, -0.2) is 35.4 Å². The summed E-state index contributed by atoms with van der Waals surface area (Å²) in [4.78, 5) is 8.35. The summed E-state index contributed by atoms with van der Waals surface area (Å²) in [6.45, 7) is 0. The predicted octanol–water partition coefficient (Wildman–Crippen LogP) is 0.807. The number of nitrogens with zero attached hydrogens (tertiary/aromatic N) is 2. The maximum Gasteiger partial charge on any atom is 0.220 e. The molecule has 0 bridgehead atoms. The second-order valence-corrected chi connectivity index (χ2v) is 3.98. The summed E-state index contributed by atoms with van der Waals surface area (Å²) >= 11 is 0. The third-order valence-corrected chi connectivity index (χ3v) is 2.70. The molecule has 88 valence electrons. The van der Waals surface area contributed by atoms with Crippen molar-refractivity contribution >= 4 is 0 Å². The van der Waals surface area contributed by atoms with Gasteiger partial charge in [0.2, 0.25) is 11.8 Å². The third kappa shape index (κ3) is 2.61. The number of aliphatic hydroxyl groups is 1. The fraction of sp³-hybridized carbons (Fsp3) is 0.636. The van der Waals surface area contributed by atoms with E-state index in [1.54, 1.807) is 20.3 Å². The highest BCUT2D eigenvalue weighted by molar-refractivity contribution is 5.21. The highest BCUT2D eigenvalue weighted by atomic mass is 16.5. The molecule has 16 heavy (non-hydrogen) atoms. The largest absolute Gasteiger partial charge is 0.481 e. The van der Waals surface area contributed by atoms with Gasteiger partial charge in [0.15, 0.2) is 0 Å². The average Bonchev–Trinajstić information content (AvgIpc) is 3.12. The van der Waals surface area contributed by atoms with Gasteiger partial charge in [-0.3, -0.25) is 0 Å². The van der Waals surface area contributed by atoms with E-state index in [9.17, 15) is 5.11 Å². The van der Waals surface area contributed by atoms with Gasteiger partial charge in [-0.05, 0) is 18.8 Å². The Balaban J connectivity index is 2.11. The summed E-state index contributed by atoms with van der Waals surface area (Å²) < 4.78 is 10.1. The van der Waals surface area contributed by atoms with Crippen LogP contribution in [0, 0.1) is 5.92 Å². The number of hydrogen-bond acceptors (Lipinski definition) is 5. The van der Waals surface area contributed by atoms with Crippen LogP contribution < -0.4 is 9.47 Å². The molecule has 0 radical (unpaired) electrons. The first-order valence-corrected chi connectivity index (χ1v) is 5.37. The highest BCUT2D eigenvalue weighted by Gasteiger charge is 2.30. The minimum absolute atomic E-state index is 0.350. The van der Waals surface area contributed by atoms with Crippen molar-refractivity contribution < 1.29 is 14.6 Å². The van der Waals surface area contributed by atoms with Crippen molar-refractivity contribution in [3.05, 3.63) is 11.9 Å². The molecule has 1 fully saturated rings. The Labute approximate surface area is 94.4 Å². The monoisotopic (exact) mass is 224 g/mol. The number of ether oxygens (including phenoxy) is 2. The SMILES string of the molecule is COc1cc(OC)nc(CC(O)C2CC2)n1. The van der Waals surface area contributed by atoms with Gasteiger partial charge in [-0.1, -0.05) is 0 Å². The summed E-state index contributed by atoms with van der Waals surface area (Å²) in [6, 6.07) is 1.62. The Morgan fingerprint density at radius 1 is 1.31 bits per heavy atom. The fourth-order valence-corrected chi connectivity index (χ4v) is 1.58. The van der Waals surface area contributed by atoms with Gasteiger partial charge >= 0.3 is 0 Å². The van der Waals surface area contributed by atoms with Crippen LogP contribution in [0.15, 0.2) is 6.07 Å². The minimum Gasteiger partial charge on any atom is -0.481 e. The number of aliphatic hydroxyl groups excluding tert-OH is 1. The van der Waals surface area contributed by atoms with Gasteiger partial charge in [0, 0.05) is 6.42 Å². The molecule has 0 spiro atoms. The van der Waals surface area contributed by atoms with Crippen molar-refractivity contribution in [2.45, 2.75) is 25.4 Å². The Morgan fingerprint density at radius 2 is 1.88 bits per heavy atom. The van der Waals surface area contributed by atoms with Gasteiger partial charge in [0.05, 0.1) is 26.4 Å². The van der Waals surface area contributed by atoms with Crippen molar-refractivity contribution in [1.82, 2.24) is 9.97 Å². The zero-order chi connectivity index (χ0) is 11.5. The molecular weight excluding hydrogens is 208 g/mol. The van der Waals surface area contributed by atoms with E-state index >= 15 is 0 Å². The van der Waals surface area contributed by atoms with Crippen LogP contribution in [0.4, 0.5) is 0 Å². The molecule has 1 atom stereocenters. The van der Waals surface area contributed by atoms with E-state index in [1.165, 1.54) is 0 Å². The van der Waals surface area contributed by atoms with Gasteiger partial charge in [0.25, 0.3) is 0 Å². The molecule has 1 N–H and O–H groups in total. The first-order chi connectivity index (χ1) is 7.72. The minimum atomic E-state index is -0.350. The van der Waals surface area contributed by atoms with Crippen molar-refractivity contribution in [3.63, 3.8) is 0 Å². The van der Waals surface area contributed by atoms with Crippen LogP contribution in [0.25, 0.3) is 0 Å². The smallest absolute Gasteiger partial charge is 0.220 e. The molecule has 1 aromatic heterocycles. The Kier molecular flexibility index (Phi) is 3.24. The maximum absolute atomic E-state index is 9.81. The van der Waals surface area contributed by atoms with Gasteiger partial charge < -0.3 is 14.6 Å². The van der Waals surface area contributed by atoms with Crippen LogP contribution in [0.2, 0.25) is 0 Å². The summed E-state index contributed by atoms with van der Waals surface area (Å²) in [5.41, 5.74) is 0. The number of hydrogen-bond donors (Lipinski definition) is 1. The van der Waals surface area contributed by atoms with Crippen molar-refractivity contribution in [3.8, 4) is 11.8 Å². The van der Waals surface area contributed by atoms with Crippen LogP contribution in [-0.2, 0) is 6.42 Å². The van der Waals surface area contributed by atoms with Gasteiger partial charge in [-0.15, -0.1) is 0 Å². The summed E-state index contributed by atoms with van der Waals surface area (Å²) in [5, 5.41) is 9.81.